The molecule has 0 amide bonds. The Morgan fingerprint density at radius 3 is 2.40 bits per heavy atom. The maximum absolute atomic E-state index is 11.2. The minimum absolute atomic E-state index is 0. The molecule has 0 aliphatic heterocycles. The van der Waals surface area contributed by atoms with Gasteiger partial charge in [0, 0.05) is 6.04 Å². The van der Waals surface area contributed by atoms with Crippen molar-refractivity contribution < 1.29 is 12.7 Å². The first kappa shape index (κ1) is 15.9. The predicted molar refractivity (Wildman–Crippen MR) is 62.3 cm³/mol. The van der Waals surface area contributed by atoms with E-state index in [1.54, 1.807) is 0 Å². The summed E-state index contributed by atoms with van der Waals surface area (Å²) < 4.78 is 27.1. The van der Waals surface area contributed by atoms with Crippen molar-refractivity contribution in [2.45, 2.75) is 51.5 Å². The van der Waals surface area contributed by atoms with Crippen molar-refractivity contribution in [3.63, 3.8) is 0 Å². The van der Waals surface area contributed by atoms with E-state index < -0.39 is 10.1 Å². The Balaban J connectivity index is 0.00000196. The van der Waals surface area contributed by atoms with E-state index in [0.717, 1.165) is 25.7 Å². The summed E-state index contributed by atoms with van der Waals surface area (Å²) in [5, 5.41) is 0. The standard InChI is InChI=1S/C9H19NO3S.Na.H/c1-2-8-14(11,12)13-10-9-6-4-3-5-7-9;;/h9-10H,2-8H2,1H3;;. The Morgan fingerprint density at radius 2 is 1.87 bits per heavy atom. The third-order valence-electron chi connectivity index (χ3n) is 2.40. The van der Waals surface area contributed by atoms with Gasteiger partial charge in [-0.15, -0.1) is 0 Å². The van der Waals surface area contributed by atoms with Crippen LogP contribution >= 0.6 is 0 Å². The van der Waals surface area contributed by atoms with Crippen molar-refractivity contribution in [1.29, 1.82) is 0 Å². The summed E-state index contributed by atoms with van der Waals surface area (Å²) in [6.45, 7) is 1.82. The average molecular weight is 245 g/mol. The molecule has 0 aromatic rings. The van der Waals surface area contributed by atoms with E-state index in [9.17, 15) is 8.42 Å². The summed E-state index contributed by atoms with van der Waals surface area (Å²) in [6, 6.07) is 0.218. The fourth-order valence-electron chi connectivity index (χ4n) is 1.65. The molecule has 86 valence electrons. The minimum atomic E-state index is -3.34. The zero-order valence-corrected chi connectivity index (χ0v) is 9.48. The van der Waals surface area contributed by atoms with Crippen molar-refractivity contribution in [2.75, 3.05) is 5.75 Å². The van der Waals surface area contributed by atoms with Gasteiger partial charge in [-0.25, -0.2) is 0 Å². The van der Waals surface area contributed by atoms with Crippen LogP contribution in [0.25, 0.3) is 0 Å². The van der Waals surface area contributed by atoms with Gasteiger partial charge >= 0.3 is 29.6 Å². The Hall–Kier alpha value is 0.870. The Kier molecular flexibility index (Phi) is 8.50. The molecular formula is C9H20NNaO3S. The van der Waals surface area contributed by atoms with Gasteiger partial charge in [-0.2, -0.15) is 18.2 Å². The van der Waals surface area contributed by atoms with E-state index >= 15 is 0 Å². The molecule has 0 spiro atoms. The summed E-state index contributed by atoms with van der Waals surface area (Å²) in [5.74, 6) is 0.0900. The quantitative estimate of drug-likeness (QED) is 0.578. The number of hydroxylamine groups is 1. The molecule has 15 heavy (non-hydrogen) atoms. The van der Waals surface area contributed by atoms with Gasteiger partial charge in [0.15, 0.2) is 0 Å². The first-order valence-corrected chi connectivity index (χ1v) is 6.88. The zero-order valence-electron chi connectivity index (χ0n) is 8.66. The van der Waals surface area contributed by atoms with Crippen molar-refractivity contribution in [1.82, 2.24) is 5.48 Å². The molecule has 1 N–H and O–H groups in total. The van der Waals surface area contributed by atoms with E-state index in [2.05, 4.69) is 5.48 Å². The summed E-state index contributed by atoms with van der Waals surface area (Å²) in [7, 11) is -3.34. The van der Waals surface area contributed by atoms with Crippen LogP contribution in [-0.2, 0) is 14.4 Å². The van der Waals surface area contributed by atoms with Crippen molar-refractivity contribution in [3.8, 4) is 0 Å². The Labute approximate surface area is 115 Å². The van der Waals surface area contributed by atoms with E-state index in [0.29, 0.717) is 6.42 Å². The number of hydrogen-bond donors (Lipinski definition) is 1. The molecule has 0 aromatic carbocycles. The van der Waals surface area contributed by atoms with Crippen LogP contribution in [0.5, 0.6) is 0 Å². The predicted octanol–water partition coefficient (Wildman–Crippen LogP) is 0.932. The van der Waals surface area contributed by atoms with Crippen LogP contribution in [0.2, 0.25) is 0 Å². The fourth-order valence-corrected chi connectivity index (χ4v) is 2.52. The molecule has 1 aliphatic rings. The fraction of sp³-hybridized carbons (Fsp3) is 1.00. The number of hydrogen-bond acceptors (Lipinski definition) is 4. The van der Waals surface area contributed by atoms with Gasteiger partial charge in [0.1, 0.15) is 0 Å². The molecule has 6 heteroatoms. The van der Waals surface area contributed by atoms with Crippen molar-refractivity contribution in [2.24, 2.45) is 0 Å². The second-order valence-corrected chi connectivity index (χ2v) is 5.49. The van der Waals surface area contributed by atoms with Crippen molar-refractivity contribution in [3.05, 3.63) is 0 Å². The topological polar surface area (TPSA) is 55.4 Å². The van der Waals surface area contributed by atoms with Gasteiger partial charge in [-0.3, -0.25) is 0 Å². The first-order chi connectivity index (χ1) is 6.64. The van der Waals surface area contributed by atoms with Crippen LogP contribution in [-0.4, -0.2) is 49.8 Å². The molecule has 0 saturated heterocycles. The van der Waals surface area contributed by atoms with Crippen LogP contribution in [0, 0.1) is 0 Å². The van der Waals surface area contributed by atoms with Gasteiger partial charge in [0.25, 0.3) is 10.1 Å². The number of nitrogens with one attached hydrogen (secondary N) is 1. The molecule has 1 saturated carbocycles. The maximum atomic E-state index is 11.2. The SMILES string of the molecule is CCCS(=O)(=O)ONC1CCCCC1.[NaH]. The molecule has 4 nitrogen and oxygen atoms in total. The molecule has 0 heterocycles. The summed E-state index contributed by atoms with van der Waals surface area (Å²) in [4.78, 5) is 0. The van der Waals surface area contributed by atoms with E-state index in [1.165, 1.54) is 6.42 Å². The Bertz CT molecular complexity index is 250. The third-order valence-corrected chi connectivity index (χ3v) is 3.66. The summed E-state index contributed by atoms with van der Waals surface area (Å²) in [5.41, 5.74) is 2.66. The molecule has 0 bridgehead atoms. The molecular weight excluding hydrogens is 225 g/mol. The second-order valence-electron chi connectivity index (χ2n) is 3.80. The van der Waals surface area contributed by atoms with Gasteiger partial charge < -0.3 is 0 Å². The van der Waals surface area contributed by atoms with Crippen molar-refractivity contribution >= 4 is 39.7 Å². The number of rotatable bonds is 5. The molecule has 0 radical (unpaired) electrons. The Morgan fingerprint density at radius 1 is 1.27 bits per heavy atom. The van der Waals surface area contributed by atoms with E-state index in [4.69, 9.17) is 4.28 Å². The summed E-state index contributed by atoms with van der Waals surface area (Å²) >= 11 is 0. The van der Waals surface area contributed by atoms with Gasteiger partial charge in [-0.05, 0) is 19.3 Å². The molecule has 1 aliphatic carbocycles. The van der Waals surface area contributed by atoms with E-state index in [1.807, 2.05) is 6.92 Å². The van der Waals surface area contributed by atoms with Crippen LogP contribution in [0.1, 0.15) is 45.4 Å². The monoisotopic (exact) mass is 245 g/mol. The first-order valence-electron chi connectivity index (χ1n) is 5.31. The average Bonchev–Trinajstić information content (AvgIpc) is 2.17. The van der Waals surface area contributed by atoms with Crippen LogP contribution in [0.3, 0.4) is 0 Å². The molecule has 1 rings (SSSR count). The third kappa shape index (κ3) is 6.92. The molecule has 0 unspecified atom stereocenters. The molecule has 1 fully saturated rings. The normalized spacial score (nSPS) is 18.5. The zero-order chi connectivity index (χ0) is 10.4. The molecule has 0 aromatic heterocycles. The van der Waals surface area contributed by atoms with Crippen LogP contribution in [0.4, 0.5) is 0 Å². The molecule has 0 atom stereocenters. The van der Waals surface area contributed by atoms with E-state index in [-0.39, 0.29) is 41.4 Å². The van der Waals surface area contributed by atoms with Crippen LogP contribution < -0.4 is 5.48 Å². The van der Waals surface area contributed by atoms with Gasteiger partial charge in [-0.1, -0.05) is 26.2 Å². The van der Waals surface area contributed by atoms with Gasteiger partial charge in [0.05, 0.1) is 5.75 Å². The van der Waals surface area contributed by atoms with Gasteiger partial charge in [0.2, 0.25) is 0 Å². The second kappa shape index (κ2) is 8.03. The summed E-state index contributed by atoms with van der Waals surface area (Å²) in [6.07, 6.45) is 6.20. The van der Waals surface area contributed by atoms with Crippen LogP contribution in [0.15, 0.2) is 0 Å².